The second kappa shape index (κ2) is 7.01. The number of halogens is 1. The molecule has 5 heteroatoms. The highest BCUT2D eigenvalue weighted by molar-refractivity contribution is 5.96. The van der Waals surface area contributed by atoms with E-state index in [0.29, 0.717) is 12.1 Å². The van der Waals surface area contributed by atoms with E-state index in [-0.39, 0.29) is 11.7 Å². The van der Waals surface area contributed by atoms with E-state index in [1.807, 2.05) is 24.5 Å². The fraction of sp³-hybridized carbons (Fsp3) is 0.316. The number of amides is 1. The number of rotatable bonds is 4. The summed E-state index contributed by atoms with van der Waals surface area (Å²) in [4.78, 5) is 12.5. The highest BCUT2D eigenvalue weighted by atomic mass is 19.1. The molecule has 0 saturated heterocycles. The molecule has 0 aliphatic carbocycles. The van der Waals surface area contributed by atoms with Crippen molar-refractivity contribution in [1.82, 2.24) is 15.2 Å². The summed E-state index contributed by atoms with van der Waals surface area (Å²) < 4.78 is 15.1. The first-order chi connectivity index (χ1) is 11.6. The van der Waals surface area contributed by atoms with Crippen LogP contribution in [0.4, 0.5) is 4.39 Å². The van der Waals surface area contributed by atoms with Crippen molar-refractivity contribution in [1.29, 1.82) is 0 Å². The summed E-state index contributed by atoms with van der Waals surface area (Å²) in [5.74, 6) is -0.342. The Morgan fingerprint density at radius 3 is 2.71 bits per heavy atom. The van der Waals surface area contributed by atoms with Crippen LogP contribution in [0.2, 0.25) is 0 Å². The van der Waals surface area contributed by atoms with E-state index < -0.39 is 0 Å². The molecule has 0 atom stereocenters. The van der Waals surface area contributed by atoms with Gasteiger partial charge < -0.3 is 15.2 Å². The van der Waals surface area contributed by atoms with Gasteiger partial charge in [0.1, 0.15) is 5.82 Å². The van der Waals surface area contributed by atoms with Crippen molar-refractivity contribution in [2.45, 2.75) is 20.3 Å². The van der Waals surface area contributed by atoms with Gasteiger partial charge in [0.05, 0.1) is 5.56 Å². The number of aryl methyl sites for hydroxylation is 1. The van der Waals surface area contributed by atoms with Crippen LogP contribution < -0.4 is 10.6 Å². The van der Waals surface area contributed by atoms with Crippen LogP contribution in [0.15, 0.2) is 42.0 Å². The smallest absolute Gasteiger partial charge is 0.253 e. The second-order valence-electron chi connectivity index (χ2n) is 6.10. The number of carbonyl (C=O) groups excluding carboxylic acids is 1. The summed E-state index contributed by atoms with van der Waals surface area (Å²) in [6.07, 6.45) is 3.10. The third-order valence-electron chi connectivity index (χ3n) is 4.39. The van der Waals surface area contributed by atoms with Crippen molar-refractivity contribution in [3.05, 3.63) is 64.7 Å². The molecule has 1 amide bonds. The molecule has 1 aliphatic rings. The molecular formula is C19H22FN3O. The summed E-state index contributed by atoms with van der Waals surface area (Å²) in [5.41, 5.74) is 4.58. The standard InChI is InChI=1S/C19H22FN3O/c1-13-11-18(19(24)22-12-15-7-9-21-10-8-15)14(2)23(13)17-5-3-16(20)4-6-17/h3-7,11,21H,8-10,12H2,1-2H3,(H,22,24). The van der Waals surface area contributed by atoms with E-state index in [2.05, 4.69) is 16.7 Å². The SMILES string of the molecule is Cc1cc(C(=O)NCC2=CCNCC2)c(C)n1-c1ccc(F)cc1. The molecule has 2 heterocycles. The number of benzene rings is 1. The first-order valence-electron chi connectivity index (χ1n) is 8.18. The minimum atomic E-state index is -0.269. The fourth-order valence-electron chi connectivity index (χ4n) is 3.10. The molecule has 4 nitrogen and oxygen atoms in total. The highest BCUT2D eigenvalue weighted by Crippen LogP contribution is 2.21. The number of hydrogen-bond acceptors (Lipinski definition) is 2. The Kier molecular flexibility index (Phi) is 4.81. The van der Waals surface area contributed by atoms with Crippen LogP contribution in [0.3, 0.4) is 0 Å². The van der Waals surface area contributed by atoms with Crippen LogP contribution in [0, 0.1) is 19.7 Å². The molecule has 0 unspecified atom stereocenters. The van der Waals surface area contributed by atoms with Crippen LogP contribution in [0.5, 0.6) is 0 Å². The van der Waals surface area contributed by atoms with Gasteiger partial charge in [-0.1, -0.05) is 11.6 Å². The summed E-state index contributed by atoms with van der Waals surface area (Å²) in [7, 11) is 0. The molecule has 0 radical (unpaired) electrons. The van der Waals surface area contributed by atoms with Crippen LogP contribution in [-0.4, -0.2) is 30.1 Å². The van der Waals surface area contributed by atoms with Gasteiger partial charge in [-0.3, -0.25) is 4.79 Å². The van der Waals surface area contributed by atoms with Crippen LogP contribution in [0.25, 0.3) is 5.69 Å². The average Bonchev–Trinajstić information content (AvgIpc) is 2.89. The lowest BCUT2D eigenvalue weighted by molar-refractivity contribution is 0.0956. The Balaban J connectivity index is 1.79. The lowest BCUT2D eigenvalue weighted by Crippen LogP contribution is -2.29. The minimum absolute atomic E-state index is 0.0732. The van der Waals surface area contributed by atoms with Gasteiger partial charge in [0, 0.05) is 30.2 Å². The van der Waals surface area contributed by atoms with Crippen molar-refractivity contribution in [2.24, 2.45) is 0 Å². The minimum Gasteiger partial charge on any atom is -0.348 e. The molecule has 3 rings (SSSR count). The quantitative estimate of drug-likeness (QED) is 0.848. The Hall–Kier alpha value is -2.40. The van der Waals surface area contributed by atoms with Crippen molar-refractivity contribution in [2.75, 3.05) is 19.6 Å². The zero-order valence-corrected chi connectivity index (χ0v) is 14.0. The molecule has 2 aromatic rings. The molecule has 1 aliphatic heterocycles. The molecule has 1 aromatic heterocycles. The van der Waals surface area contributed by atoms with E-state index in [1.165, 1.54) is 17.7 Å². The fourth-order valence-corrected chi connectivity index (χ4v) is 3.10. The van der Waals surface area contributed by atoms with Crippen molar-refractivity contribution < 1.29 is 9.18 Å². The number of carbonyl (C=O) groups is 1. The predicted molar refractivity (Wildman–Crippen MR) is 93.1 cm³/mol. The van der Waals surface area contributed by atoms with Gasteiger partial charge in [0.15, 0.2) is 0 Å². The molecule has 0 spiro atoms. The number of aromatic nitrogens is 1. The maximum Gasteiger partial charge on any atom is 0.253 e. The normalized spacial score (nSPS) is 14.4. The Bertz CT molecular complexity index is 775. The highest BCUT2D eigenvalue weighted by Gasteiger charge is 2.17. The molecule has 1 aromatic carbocycles. The van der Waals surface area contributed by atoms with Crippen LogP contribution in [0.1, 0.15) is 28.2 Å². The van der Waals surface area contributed by atoms with Crippen molar-refractivity contribution in [3.63, 3.8) is 0 Å². The molecule has 0 bridgehead atoms. The maximum atomic E-state index is 13.1. The number of nitrogens with one attached hydrogen (secondary N) is 2. The zero-order chi connectivity index (χ0) is 17.1. The van der Waals surface area contributed by atoms with E-state index in [4.69, 9.17) is 0 Å². The maximum absolute atomic E-state index is 13.1. The van der Waals surface area contributed by atoms with Gasteiger partial charge in [0.2, 0.25) is 0 Å². The van der Waals surface area contributed by atoms with Crippen LogP contribution >= 0.6 is 0 Å². The molecular weight excluding hydrogens is 305 g/mol. The third kappa shape index (κ3) is 3.41. The number of nitrogens with zero attached hydrogens (tertiary/aromatic N) is 1. The lowest BCUT2D eigenvalue weighted by atomic mass is 10.1. The Morgan fingerprint density at radius 1 is 1.29 bits per heavy atom. The summed E-state index contributed by atoms with van der Waals surface area (Å²) in [5, 5.41) is 6.26. The summed E-state index contributed by atoms with van der Waals surface area (Å²) >= 11 is 0. The third-order valence-corrected chi connectivity index (χ3v) is 4.39. The number of hydrogen-bond donors (Lipinski definition) is 2. The first-order valence-corrected chi connectivity index (χ1v) is 8.18. The van der Waals surface area contributed by atoms with Gasteiger partial charge >= 0.3 is 0 Å². The second-order valence-corrected chi connectivity index (χ2v) is 6.10. The monoisotopic (exact) mass is 327 g/mol. The topological polar surface area (TPSA) is 46.1 Å². The van der Waals surface area contributed by atoms with E-state index in [9.17, 15) is 9.18 Å². The zero-order valence-electron chi connectivity index (χ0n) is 14.0. The van der Waals surface area contributed by atoms with E-state index in [0.717, 1.165) is 36.6 Å². The van der Waals surface area contributed by atoms with Crippen molar-refractivity contribution >= 4 is 5.91 Å². The first kappa shape index (κ1) is 16.5. The molecule has 0 fully saturated rings. The molecule has 24 heavy (non-hydrogen) atoms. The lowest BCUT2D eigenvalue weighted by Gasteiger charge is -2.14. The van der Waals surface area contributed by atoms with Crippen molar-refractivity contribution in [3.8, 4) is 5.69 Å². The summed E-state index contributed by atoms with van der Waals surface area (Å²) in [6, 6.07) is 8.17. The van der Waals surface area contributed by atoms with Gasteiger partial charge in [-0.05, 0) is 57.1 Å². The van der Waals surface area contributed by atoms with E-state index >= 15 is 0 Å². The van der Waals surface area contributed by atoms with Gasteiger partial charge in [-0.2, -0.15) is 0 Å². The van der Waals surface area contributed by atoms with Gasteiger partial charge in [-0.15, -0.1) is 0 Å². The molecule has 2 N–H and O–H groups in total. The van der Waals surface area contributed by atoms with Gasteiger partial charge in [-0.25, -0.2) is 4.39 Å². The predicted octanol–water partition coefficient (Wildman–Crippen LogP) is 2.88. The Labute approximate surface area is 141 Å². The van der Waals surface area contributed by atoms with E-state index in [1.54, 1.807) is 12.1 Å². The average molecular weight is 327 g/mol. The molecule has 126 valence electrons. The van der Waals surface area contributed by atoms with Gasteiger partial charge in [0.25, 0.3) is 5.91 Å². The Morgan fingerprint density at radius 2 is 2.04 bits per heavy atom. The largest absolute Gasteiger partial charge is 0.348 e. The van der Waals surface area contributed by atoms with Crippen LogP contribution in [-0.2, 0) is 0 Å². The summed E-state index contributed by atoms with van der Waals surface area (Å²) in [6.45, 7) is 6.27. The molecule has 0 saturated carbocycles.